The van der Waals surface area contributed by atoms with Crippen LogP contribution in [0.1, 0.15) is 37.3 Å². The minimum atomic E-state index is -0.338. The van der Waals surface area contributed by atoms with Gasteiger partial charge < -0.3 is 0 Å². The van der Waals surface area contributed by atoms with Crippen LogP contribution in [0.2, 0.25) is 0 Å². The fraction of sp³-hybridized carbons (Fsp3) is 0.286. The zero-order valence-corrected chi connectivity index (χ0v) is 18.5. The van der Waals surface area contributed by atoms with E-state index < -0.39 is 0 Å². The Morgan fingerprint density at radius 2 is 1.97 bits per heavy atom. The quantitative estimate of drug-likeness (QED) is 0.484. The van der Waals surface area contributed by atoms with Gasteiger partial charge >= 0.3 is 0 Å². The molecule has 0 aliphatic rings. The largest absolute Gasteiger partial charge is 0.299 e. The molecular formula is C21H21N5O2S2. The molecule has 30 heavy (non-hydrogen) atoms. The molecule has 0 aliphatic heterocycles. The third-order valence-corrected chi connectivity index (χ3v) is 6.65. The van der Waals surface area contributed by atoms with Crippen molar-refractivity contribution in [3.05, 3.63) is 56.9 Å². The van der Waals surface area contributed by atoms with Crippen LogP contribution in [0.25, 0.3) is 21.3 Å². The van der Waals surface area contributed by atoms with Gasteiger partial charge in [-0.3, -0.25) is 19.5 Å². The third kappa shape index (κ3) is 4.03. The Balaban J connectivity index is 1.62. The number of fused-ring (bicyclic) bond motifs is 1. The predicted octanol–water partition coefficient (Wildman–Crippen LogP) is 4.30. The van der Waals surface area contributed by atoms with E-state index in [-0.39, 0.29) is 18.0 Å². The Morgan fingerprint density at radius 1 is 1.20 bits per heavy atom. The topological polar surface area (TPSA) is 89.8 Å². The zero-order chi connectivity index (χ0) is 21.3. The predicted molar refractivity (Wildman–Crippen MR) is 121 cm³/mol. The number of thiophene rings is 1. The van der Waals surface area contributed by atoms with Gasteiger partial charge in [0.2, 0.25) is 11.0 Å². The lowest BCUT2D eigenvalue weighted by Gasteiger charge is -2.08. The number of hydrogen-bond donors (Lipinski definition) is 1. The molecule has 0 fully saturated rings. The second-order valence-electron chi connectivity index (χ2n) is 7.19. The number of anilines is 1. The van der Waals surface area contributed by atoms with Gasteiger partial charge in [0.05, 0.1) is 11.7 Å². The number of benzene rings is 1. The average Bonchev–Trinajstić information content (AvgIpc) is 3.37. The van der Waals surface area contributed by atoms with Gasteiger partial charge in [-0.2, -0.15) is 0 Å². The molecule has 0 spiro atoms. The summed E-state index contributed by atoms with van der Waals surface area (Å²) in [6.45, 7) is 6.13. The van der Waals surface area contributed by atoms with Gasteiger partial charge in [-0.15, -0.1) is 21.5 Å². The third-order valence-electron chi connectivity index (χ3n) is 4.78. The molecule has 4 rings (SSSR count). The molecular weight excluding hydrogens is 418 g/mol. The van der Waals surface area contributed by atoms with Crippen molar-refractivity contribution >= 4 is 43.9 Å². The Hall–Kier alpha value is -2.91. The Kier molecular flexibility index (Phi) is 5.74. The highest BCUT2D eigenvalue weighted by molar-refractivity contribution is 7.17. The summed E-state index contributed by atoms with van der Waals surface area (Å²) in [5, 5.41) is 14.4. The Bertz CT molecular complexity index is 1250. The minimum Gasteiger partial charge on any atom is -0.299 e. The molecule has 154 valence electrons. The summed E-state index contributed by atoms with van der Waals surface area (Å²) in [5.41, 5.74) is 2.82. The monoisotopic (exact) mass is 439 g/mol. The molecule has 3 aromatic heterocycles. The SMILES string of the molecule is CCc1nnc(NC(=O)Cn2cnc3scc(-c4ccc(C(C)C)cc4)c3c2=O)s1. The number of carbonyl (C=O) groups excluding carboxylic acids is 1. The van der Waals surface area contributed by atoms with E-state index in [4.69, 9.17) is 0 Å². The fourth-order valence-corrected chi connectivity index (χ4v) is 4.70. The van der Waals surface area contributed by atoms with E-state index in [0.717, 1.165) is 22.6 Å². The summed E-state index contributed by atoms with van der Waals surface area (Å²) < 4.78 is 1.33. The molecule has 0 saturated heterocycles. The number of aromatic nitrogens is 4. The first kappa shape index (κ1) is 20.4. The second-order valence-corrected chi connectivity index (χ2v) is 9.11. The highest BCUT2D eigenvalue weighted by atomic mass is 32.1. The molecule has 1 N–H and O–H groups in total. The fourth-order valence-electron chi connectivity index (χ4n) is 3.10. The summed E-state index contributed by atoms with van der Waals surface area (Å²) in [4.78, 5) is 30.6. The van der Waals surface area contributed by atoms with Crippen molar-refractivity contribution in [1.82, 2.24) is 19.7 Å². The molecule has 3 heterocycles. The normalized spacial score (nSPS) is 11.3. The van der Waals surface area contributed by atoms with Crippen LogP contribution >= 0.6 is 22.7 Å². The van der Waals surface area contributed by atoms with Gasteiger partial charge in [-0.05, 0) is 23.5 Å². The van der Waals surface area contributed by atoms with Crippen LogP contribution < -0.4 is 10.9 Å². The summed E-state index contributed by atoms with van der Waals surface area (Å²) in [5.74, 6) is 0.104. The van der Waals surface area contributed by atoms with Gasteiger partial charge in [0.25, 0.3) is 5.56 Å². The first-order chi connectivity index (χ1) is 14.5. The lowest BCUT2D eigenvalue weighted by molar-refractivity contribution is -0.116. The van der Waals surface area contributed by atoms with Gasteiger partial charge in [-0.1, -0.05) is 56.4 Å². The first-order valence-electron chi connectivity index (χ1n) is 9.65. The Labute approximate surface area is 181 Å². The molecule has 0 radical (unpaired) electrons. The first-order valence-corrected chi connectivity index (χ1v) is 11.3. The smallest absolute Gasteiger partial charge is 0.263 e. The molecule has 0 unspecified atom stereocenters. The van der Waals surface area contributed by atoms with Crippen LogP contribution in [0.4, 0.5) is 5.13 Å². The maximum Gasteiger partial charge on any atom is 0.263 e. The number of hydrogen-bond acceptors (Lipinski definition) is 7. The summed E-state index contributed by atoms with van der Waals surface area (Å²) in [6, 6.07) is 8.22. The van der Waals surface area contributed by atoms with E-state index in [2.05, 4.69) is 46.5 Å². The van der Waals surface area contributed by atoms with Crippen LogP contribution in [0, 0.1) is 0 Å². The van der Waals surface area contributed by atoms with Crippen LogP contribution in [0.15, 0.2) is 40.8 Å². The molecule has 0 aliphatic carbocycles. The van der Waals surface area contributed by atoms with Crippen LogP contribution in [-0.4, -0.2) is 25.7 Å². The van der Waals surface area contributed by atoms with Crippen molar-refractivity contribution < 1.29 is 4.79 Å². The van der Waals surface area contributed by atoms with Gasteiger partial charge in [-0.25, -0.2) is 4.98 Å². The van der Waals surface area contributed by atoms with Gasteiger partial charge in [0.15, 0.2) is 0 Å². The van der Waals surface area contributed by atoms with E-state index in [0.29, 0.717) is 21.3 Å². The van der Waals surface area contributed by atoms with Crippen molar-refractivity contribution in [2.75, 3.05) is 5.32 Å². The van der Waals surface area contributed by atoms with Crippen molar-refractivity contribution in [2.24, 2.45) is 0 Å². The van der Waals surface area contributed by atoms with E-state index in [1.165, 1.54) is 39.1 Å². The number of nitrogens with zero attached hydrogens (tertiary/aromatic N) is 4. The molecule has 0 saturated carbocycles. The molecule has 4 aromatic rings. The molecule has 0 bridgehead atoms. The van der Waals surface area contributed by atoms with Gasteiger partial charge in [0.1, 0.15) is 16.4 Å². The second kappa shape index (κ2) is 8.45. The maximum atomic E-state index is 13.1. The van der Waals surface area contributed by atoms with E-state index >= 15 is 0 Å². The number of amides is 1. The number of rotatable bonds is 6. The van der Waals surface area contributed by atoms with E-state index in [1.54, 1.807) is 0 Å². The number of carbonyl (C=O) groups is 1. The molecule has 7 nitrogen and oxygen atoms in total. The lowest BCUT2D eigenvalue weighted by Crippen LogP contribution is -2.27. The highest BCUT2D eigenvalue weighted by Crippen LogP contribution is 2.31. The van der Waals surface area contributed by atoms with Crippen LogP contribution in [-0.2, 0) is 17.8 Å². The van der Waals surface area contributed by atoms with Crippen molar-refractivity contribution in [3.8, 4) is 11.1 Å². The molecule has 9 heteroatoms. The summed E-state index contributed by atoms with van der Waals surface area (Å²) >= 11 is 2.75. The number of aryl methyl sites for hydroxylation is 1. The Morgan fingerprint density at radius 3 is 2.63 bits per heavy atom. The summed E-state index contributed by atoms with van der Waals surface area (Å²) in [6.07, 6.45) is 2.18. The molecule has 1 aromatic carbocycles. The average molecular weight is 440 g/mol. The maximum absolute atomic E-state index is 13.1. The highest BCUT2D eigenvalue weighted by Gasteiger charge is 2.16. The zero-order valence-electron chi connectivity index (χ0n) is 16.9. The van der Waals surface area contributed by atoms with Crippen LogP contribution in [0.3, 0.4) is 0 Å². The lowest BCUT2D eigenvalue weighted by atomic mass is 9.99. The van der Waals surface area contributed by atoms with Crippen molar-refractivity contribution in [3.63, 3.8) is 0 Å². The number of nitrogens with one attached hydrogen (secondary N) is 1. The minimum absolute atomic E-state index is 0.135. The standard InChI is InChI=1S/C21H21N5O2S2/c1-4-17-24-25-21(30-17)23-16(27)9-26-11-22-19-18(20(26)28)15(10-29-19)14-7-5-13(6-8-14)12(2)3/h5-8,10-12H,4,9H2,1-3H3,(H,23,25,27). The molecule has 0 atom stereocenters. The molecule has 1 amide bonds. The summed E-state index contributed by atoms with van der Waals surface area (Å²) in [7, 11) is 0. The van der Waals surface area contributed by atoms with Crippen molar-refractivity contribution in [1.29, 1.82) is 0 Å². The van der Waals surface area contributed by atoms with E-state index in [9.17, 15) is 9.59 Å². The van der Waals surface area contributed by atoms with E-state index in [1.807, 2.05) is 24.4 Å². The van der Waals surface area contributed by atoms with Gasteiger partial charge in [0, 0.05) is 10.9 Å². The van der Waals surface area contributed by atoms with Crippen LogP contribution in [0.5, 0.6) is 0 Å². The van der Waals surface area contributed by atoms with Crippen molar-refractivity contribution in [2.45, 2.75) is 39.7 Å².